The van der Waals surface area contributed by atoms with E-state index in [1.54, 1.807) is 18.2 Å². The van der Waals surface area contributed by atoms with Crippen LogP contribution in [-0.4, -0.2) is 36.2 Å². The number of aromatic hydroxyl groups is 2. The van der Waals surface area contributed by atoms with Crippen LogP contribution in [0.15, 0.2) is 30.3 Å². The van der Waals surface area contributed by atoms with Crippen LogP contribution in [0.25, 0.3) is 0 Å². The molecule has 0 aromatic heterocycles. The molecular formula is C20H26N4O5. The Morgan fingerprint density at radius 1 is 1.07 bits per heavy atom. The molecule has 0 bridgehead atoms. The van der Waals surface area contributed by atoms with Gasteiger partial charge in [0.15, 0.2) is 5.84 Å². The Balaban J connectivity index is 2.68. The molecular weight excluding hydrogens is 376 g/mol. The standard InChI is InChI=1S/C20H26N4O5/c1-10(2)12-8-13(16(26)9-15(12)25)18(21)24(19(22)20(23)27)14-6-5-11(28-3)7-17(14)29-4/h5-10,18,22,25-26H,21H2,1-4H3,(H2,23,27). The fraction of sp³-hybridized carbons (Fsp3) is 0.300. The van der Waals surface area contributed by atoms with Gasteiger partial charge in [-0.3, -0.25) is 15.1 Å². The zero-order valence-corrected chi connectivity index (χ0v) is 16.8. The molecule has 1 amide bonds. The summed E-state index contributed by atoms with van der Waals surface area (Å²) < 4.78 is 10.5. The van der Waals surface area contributed by atoms with Crippen LogP contribution in [0.2, 0.25) is 0 Å². The fourth-order valence-electron chi connectivity index (χ4n) is 2.96. The number of benzene rings is 2. The maximum Gasteiger partial charge on any atom is 0.284 e. The van der Waals surface area contributed by atoms with E-state index in [9.17, 15) is 15.0 Å². The summed E-state index contributed by atoms with van der Waals surface area (Å²) in [6.07, 6.45) is -1.17. The molecule has 9 nitrogen and oxygen atoms in total. The van der Waals surface area contributed by atoms with Gasteiger partial charge in [-0.25, -0.2) is 0 Å². The molecule has 156 valence electrons. The number of hydrogen-bond donors (Lipinski definition) is 5. The predicted molar refractivity (Wildman–Crippen MR) is 110 cm³/mol. The minimum absolute atomic E-state index is 0.0545. The lowest BCUT2D eigenvalue weighted by atomic mass is 9.97. The monoisotopic (exact) mass is 402 g/mol. The van der Waals surface area contributed by atoms with Crippen molar-refractivity contribution in [3.8, 4) is 23.0 Å². The fourth-order valence-corrected chi connectivity index (χ4v) is 2.96. The van der Waals surface area contributed by atoms with E-state index < -0.39 is 17.9 Å². The minimum atomic E-state index is -1.17. The molecule has 1 unspecified atom stereocenters. The largest absolute Gasteiger partial charge is 0.508 e. The number of anilines is 1. The zero-order valence-electron chi connectivity index (χ0n) is 16.8. The first-order valence-corrected chi connectivity index (χ1v) is 8.83. The Kier molecular flexibility index (Phi) is 6.55. The number of carbonyl (C=O) groups is 1. The number of nitrogens with two attached hydrogens (primary N) is 2. The first kappa shape index (κ1) is 21.8. The van der Waals surface area contributed by atoms with Crippen LogP contribution >= 0.6 is 0 Å². The van der Waals surface area contributed by atoms with E-state index in [0.717, 1.165) is 4.90 Å². The number of phenols is 2. The summed E-state index contributed by atoms with van der Waals surface area (Å²) in [7, 11) is 2.91. The number of carbonyl (C=O) groups excluding carboxylic acids is 1. The van der Waals surface area contributed by atoms with Crippen molar-refractivity contribution in [2.24, 2.45) is 11.5 Å². The summed E-state index contributed by atoms with van der Waals surface area (Å²) >= 11 is 0. The summed E-state index contributed by atoms with van der Waals surface area (Å²) in [6.45, 7) is 3.74. The van der Waals surface area contributed by atoms with E-state index in [1.165, 1.54) is 26.4 Å². The summed E-state index contributed by atoms with van der Waals surface area (Å²) in [5.74, 6) is -1.24. The molecule has 29 heavy (non-hydrogen) atoms. The second kappa shape index (κ2) is 8.70. The third-order valence-electron chi connectivity index (χ3n) is 4.52. The van der Waals surface area contributed by atoms with Crippen LogP contribution in [0.3, 0.4) is 0 Å². The molecule has 7 N–H and O–H groups in total. The van der Waals surface area contributed by atoms with Gasteiger partial charge in [-0.2, -0.15) is 0 Å². The smallest absolute Gasteiger partial charge is 0.284 e. The average Bonchev–Trinajstić information content (AvgIpc) is 2.67. The number of phenolic OH excluding ortho intramolecular Hbond substituents is 2. The van der Waals surface area contributed by atoms with Gasteiger partial charge in [0.05, 0.1) is 19.9 Å². The van der Waals surface area contributed by atoms with Crippen molar-refractivity contribution in [2.45, 2.75) is 25.9 Å². The highest BCUT2D eigenvalue weighted by atomic mass is 16.5. The van der Waals surface area contributed by atoms with E-state index in [-0.39, 0.29) is 34.4 Å². The lowest BCUT2D eigenvalue weighted by molar-refractivity contribution is -0.112. The van der Waals surface area contributed by atoms with Crippen LogP contribution in [0.4, 0.5) is 5.69 Å². The van der Waals surface area contributed by atoms with Crippen LogP contribution in [0.1, 0.15) is 37.1 Å². The van der Waals surface area contributed by atoms with E-state index in [4.69, 9.17) is 26.4 Å². The van der Waals surface area contributed by atoms with Gasteiger partial charge in [-0.15, -0.1) is 0 Å². The molecule has 2 aromatic rings. The number of nitrogens with one attached hydrogen (secondary N) is 1. The first-order valence-electron chi connectivity index (χ1n) is 8.83. The number of hydrogen-bond acceptors (Lipinski definition) is 7. The van der Waals surface area contributed by atoms with Gasteiger partial charge in [-0.1, -0.05) is 13.8 Å². The van der Waals surface area contributed by atoms with E-state index in [1.807, 2.05) is 13.8 Å². The number of nitrogens with zero attached hydrogens (tertiary/aromatic N) is 1. The first-order chi connectivity index (χ1) is 13.6. The third kappa shape index (κ3) is 4.35. The molecule has 0 aliphatic heterocycles. The quantitative estimate of drug-likeness (QED) is 0.282. The summed E-state index contributed by atoms with van der Waals surface area (Å²) in [5.41, 5.74) is 12.8. The normalized spacial score (nSPS) is 11.8. The Hall–Kier alpha value is -3.46. The summed E-state index contributed by atoms with van der Waals surface area (Å²) in [6, 6.07) is 7.47. The molecule has 2 aromatic carbocycles. The second-order valence-electron chi connectivity index (χ2n) is 6.69. The number of rotatable bonds is 6. The molecule has 0 spiro atoms. The van der Waals surface area contributed by atoms with Crippen LogP contribution in [0, 0.1) is 5.41 Å². The molecule has 0 fully saturated rings. The average molecular weight is 402 g/mol. The van der Waals surface area contributed by atoms with Crippen LogP contribution in [0.5, 0.6) is 23.0 Å². The van der Waals surface area contributed by atoms with Gasteiger partial charge in [0.1, 0.15) is 29.2 Å². The molecule has 1 atom stereocenters. The van der Waals surface area contributed by atoms with Crippen LogP contribution < -0.4 is 25.8 Å². The van der Waals surface area contributed by atoms with Gasteiger partial charge in [0.25, 0.3) is 5.91 Å². The summed E-state index contributed by atoms with van der Waals surface area (Å²) in [4.78, 5) is 13.0. The number of methoxy groups -OCH3 is 2. The highest BCUT2D eigenvalue weighted by Crippen LogP contribution is 2.40. The molecule has 0 aliphatic rings. The number of amides is 1. The molecule has 0 heterocycles. The molecule has 0 radical (unpaired) electrons. The lowest BCUT2D eigenvalue weighted by Crippen LogP contribution is -2.45. The topological polar surface area (TPSA) is 155 Å². The van der Waals surface area contributed by atoms with Crippen molar-refractivity contribution in [2.75, 3.05) is 19.1 Å². The molecule has 0 saturated heterocycles. The van der Waals surface area contributed by atoms with Crippen molar-refractivity contribution < 1.29 is 24.5 Å². The van der Waals surface area contributed by atoms with Gasteiger partial charge in [0.2, 0.25) is 0 Å². The Morgan fingerprint density at radius 2 is 1.69 bits per heavy atom. The maximum atomic E-state index is 11.8. The molecule has 0 aliphatic carbocycles. The van der Waals surface area contributed by atoms with Gasteiger partial charge < -0.3 is 31.2 Å². The lowest BCUT2D eigenvalue weighted by Gasteiger charge is -2.32. The Morgan fingerprint density at radius 3 is 2.21 bits per heavy atom. The second-order valence-corrected chi connectivity index (χ2v) is 6.69. The van der Waals surface area contributed by atoms with E-state index in [2.05, 4.69) is 0 Å². The van der Waals surface area contributed by atoms with Gasteiger partial charge in [-0.05, 0) is 29.7 Å². The number of ether oxygens (including phenoxy) is 2. The van der Waals surface area contributed by atoms with Gasteiger partial charge >= 0.3 is 0 Å². The number of amidine groups is 1. The van der Waals surface area contributed by atoms with Crippen molar-refractivity contribution in [3.63, 3.8) is 0 Å². The highest BCUT2D eigenvalue weighted by molar-refractivity contribution is 6.41. The van der Waals surface area contributed by atoms with Crippen molar-refractivity contribution in [3.05, 3.63) is 41.5 Å². The third-order valence-corrected chi connectivity index (χ3v) is 4.52. The highest BCUT2D eigenvalue weighted by Gasteiger charge is 2.30. The molecule has 9 heteroatoms. The maximum absolute atomic E-state index is 11.8. The summed E-state index contributed by atoms with van der Waals surface area (Å²) in [5, 5.41) is 28.7. The van der Waals surface area contributed by atoms with Gasteiger partial charge in [0, 0.05) is 17.7 Å². The molecule has 0 saturated carbocycles. The minimum Gasteiger partial charge on any atom is -0.508 e. The zero-order chi connectivity index (χ0) is 21.9. The Labute approximate surface area is 169 Å². The van der Waals surface area contributed by atoms with Crippen molar-refractivity contribution in [1.82, 2.24) is 0 Å². The number of primary amides is 1. The Bertz CT molecular complexity index is 929. The SMILES string of the molecule is COc1ccc(N(C(=N)C(N)=O)C(N)c2cc(C(C)C)c(O)cc2O)c(OC)c1. The van der Waals surface area contributed by atoms with Crippen LogP contribution in [-0.2, 0) is 4.79 Å². The van der Waals surface area contributed by atoms with E-state index >= 15 is 0 Å². The van der Waals surface area contributed by atoms with Crippen molar-refractivity contribution >= 4 is 17.4 Å². The van der Waals surface area contributed by atoms with Crippen molar-refractivity contribution in [1.29, 1.82) is 5.41 Å². The predicted octanol–water partition coefficient (Wildman–Crippen LogP) is 2.16. The molecule has 2 rings (SSSR count). The van der Waals surface area contributed by atoms with E-state index in [0.29, 0.717) is 11.3 Å².